The Hall–Kier alpha value is -1.06. The molecule has 1 atom stereocenters. The van der Waals surface area contributed by atoms with Crippen molar-refractivity contribution < 1.29 is 9.84 Å². The molecule has 2 heterocycles. The Labute approximate surface area is 115 Å². The number of likely N-dealkylation sites (tertiary alicyclic amines) is 1. The number of hydrogen-bond acceptors (Lipinski definition) is 3. The lowest BCUT2D eigenvalue weighted by atomic mass is 9.89. The van der Waals surface area contributed by atoms with Gasteiger partial charge in [0.15, 0.2) is 0 Å². The summed E-state index contributed by atoms with van der Waals surface area (Å²) in [6.07, 6.45) is 2.87. The van der Waals surface area contributed by atoms with Gasteiger partial charge in [-0.25, -0.2) is 0 Å². The van der Waals surface area contributed by atoms with Crippen LogP contribution in [-0.4, -0.2) is 41.8 Å². The average molecular weight is 261 g/mol. The standard InChI is InChI=1S/C16H23NO2/c1-16(18)7-9-17(10-8-16)12-13-6-11-19-15-5-3-2-4-14(13)15/h2-5,13,18H,6-12H2,1H3. The van der Waals surface area contributed by atoms with Gasteiger partial charge >= 0.3 is 0 Å². The van der Waals surface area contributed by atoms with Crippen LogP contribution in [0.25, 0.3) is 0 Å². The normalized spacial score (nSPS) is 26.5. The van der Waals surface area contributed by atoms with E-state index >= 15 is 0 Å². The fraction of sp³-hybridized carbons (Fsp3) is 0.625. The molecule has 1 N–H and O–H groups in total. The van der Waals surface area contributed by atoms with Gasteiger partial charge in [0.05, 0.1) is 12.2 Å². The smallest absolute Gasteiger partial charge is 0.122 e. The third-order valence-corrected chi connectivity index (χ3v) is 4.49. The van der Waals surface area contributed by atoms with Crippen LogP contribution >= 0.6 is 0 Å². The summed E-state index contributed by atoms with van der Waals surface area (Å²) in [6, 6.07) is 8.41. The summed E-state index contributed by atoms with van der Waals surface area (Å²) >= 11 is 0. The molecule has 1 saturated heterocycles. The molecule has 3 nitrogen and oxygen atoms in total. The molecule has 104 valence electrons. The molecule has 3 rings (SSSR count). The molecule has 2 aliphatic rings. The summed E-state index contributed by atoms with van der Waals surface area (Å²) in [4.78, 5) is 2.49. The van der Waals surface area contributed by atoms with Crippen molar-refractivity contribution in [2.45, 2.75) is 37.7 Å². The Morgan fingerprint density at radius 2 is 2.05 bits per heavy atom. The van der Waals surface area contributed by atoms with Crippen LogP contribution in [-0.2, 0) is 0 Å². The van der Waals surface area contributed by atoms with E-state index in [9.17, 15) is 5.11 Å². The number of rotatable bonds is 2. The number of aliphatic hydroxyl groups is 1. The van der Waals surface area contributed by atoms with Gasteiger partial charge in [0.2, 0.25) is 0 Å². The van der Waals surface area contributed by atoms with E-state index in [1.54, 1.807) is 0 Å². The highest BCUT2D eigenvalue weighted by molar-refractivity contribution is 5.37. The van der Waals surface area contributed by atoms with E-state index in [1.165, 1.54) is 5.56 Å². The van der Waals surface area contributed by atoms with Crippen LogP contribution in [0.2, 0.25) is 0 Å². The average Bonchev–Trinajstić information content (AvgIpc) is 2.42. The molecular weight excluding hydrogens is 238 g/mol. The minimum Gasteiger partial charge on any atom is -0.493 e. The first-order valence-corrected chi connectivity index (χ1v) is 7.30. The molecule has 1 aromatic rings. The largest absolute Gasteiger partial charge is 0.493 e. The van der Waals surface area contributed by atoms with Crippen LogP contribution < -0.4 is 4.74 Å². The highest BCUT2D eigenvalue weighted by Gasteiger charge is 2.30. The van der Waals surface area contributed by atoms with E-state index in [-0.39, 0.29) is 0 Å². The van der Waals surface area contributed by atoms with Crippen molar-refractivity contribution in [1.29, 1.82) is 0 Å². The number of piperidine rings is 1. The monoisotopic (exact) mass is 261 g/mol. The molecule has 1 unspecified atom stereocenters. The van der Waals surface area contributed by atoms with Crippen molar-refractivity contribution in [2.75, 3.05) is 26.2 Å². The van der Waals surface area contributed by atoms with Gasteiger partial charge in [-0.05, 0) is 37.8 Å². The summed E-state index contributed by atoms with van der Waals surface area (Å²) < 4.78 is 5.72. The first kappa shape index (κ1) is 12.9. The van der Waals surface area contributed by atoms with E-state index in [4.69, 9.17) is 4.74 Å². The highest BCUT2D eigenvalue weighted by Crippen LogP contribution is 2.34. The lowest BCUT2D eigenvalue weighted by Gasteiger charge is -2.38. The molecule has 19 heavy (non-hydrogen) atoms. The van der Waals surface area contributed by atoms with Gasteiger partial charge in [0.1, 0.15) is 5.75 Å². The van der Waals surface area contributed by atoms with Crippen molar-refractivity contribution in [3.05, 3.63) is 29.8 Å². The van der Waals surface area contributed by atoms with Crippen LogP contribution in [0.4, 0.5) is 0 Å². The number of fused-ring (bicyclic) bond motifs is 1. The van der Waals surface area contributed by atoms with E-state index in [2.05, 4.69) is 23.1 Å². The fourth-order valence-corrected chi connectivity index (χ4v) is 3.13. The fourth-order valence-electron chi connectivity index (χ4n) is 3.13. The first-order chi connectivity index (χ1) is 9.14. The molecule has 0 saturated carbocycles. The number of ether oxygens (including phenoxy) is 1. The van der Waals surface area contributed by atoms with Gasteiger partial charge in [-0.2, -0.15) is 0 Å². The van der Waals surface area contributed by atoms with Crippen LogP contribution in [0.5, 0.6) is 5.75 Å². The third kappa shape index (κ3) is 2.93. The minimum absolute atomic E-state index is 0.454. The van der Waals surface area contributed by atoms with Crippen molar-refractivity contribution in [3.63, 3.8) is 0 Å². The molecule has 1 fully saturated rings. The molecule has 0 bridgehead atoms. The Morgan fingerprint density at radius 3 is 2.84 bits per heavy atom. The molecule has 0 amide bonds. The highest BCUT2D eigenvalue weighted by atomic mass is 16.5. The predicted octanol–water partition coefficient (Wildman–Crippen LogP) is 2.40. The zero-order chi connectivity index (χ0) is 13.3. The topological polar surface area (TPSA) is 32.7 Å². The maximum Gasteiger partial charge on any atom is 0.122 e. The first-order valence-electron chi connectivity index (χ1n) is 7.30. The molecule has 1 aromatic carbocycles. The van der Waals surface area contributed by atoms with Crippen LogP contribution in [0.3, 0.4) is 0 Å². The number of nitrogens with zero attached hydrogens (tertiary/aromatic N) is 1. The Bertz CT molecular complexity index is 434. The van der Waals surface area contributed by atoms with Crippen LogP contribution in [0.1, 0.15) is 37.7 Å². The Balaban J connectivity index is 1.65. The van der Waals surface area contributed by atoms with Gasteiger partial charge in [0.25, 0.3) is 0 Å². The lowest BCUT2D eigenvalue weighted by molar-refractivity contribution is -0.00741. The van der Waals surface area contributed by atoms with Gasteiger partial charge in [0, 0.05) is 25.6 Å². The third-order valence-electron chi connectivity index (χ3n) is 4.49. The van der Waals surface area contributed by atoms with Crippen molar-refractivity contribution in [2.24, 2.45) is 0 Å². The maximum atomic E-state index is 10.0. The molecule has 3 heteroatoms. The van der Waals surface area contributed by atoms with Gasteiger partial charge in [-0.1, -0.05) is 18.2 Å². The number of hydrogen-bond donors (Lipinski definition) is 1. The molecule has 0 spiro atoms. The van der Waals surface area contributed by atoms with E-state index in [0.29, 0.717) is 5.92 Å². The van der Waals surface area contributed by atoms with E-state index in [1.807, 2.05) is 13.0 Å². The van der Waals surface area contributed by atoms with E-state index in [0.717, 1.165) is 51.3 Å². The summed E-state index contributed by atoms with van der Waals surface area (Å²) in [5, 5.41) is 10.0. The van der Waals surface area contributed by atoms with Crippen molar-refractivity contribution in [1.82, 2.24) is 4.90 Å². The summed E-state index contributed by atoms with van der Waals surface area (Å²) in [6.45, 7) is 5.89. The lowest BCUT2D eigenvalue weighted by Crippen LogP contribution is -2.44. The minimum atomic E-state index is -0.454. The summed E-state index contributed by atoms with van der Waals surface area (Å²) in [7, 11) is 0. The van der Waals surface area contributed by atoms with Crippen LogP contribution in [0.15, 0.2) is 24.3 Å². The van der Waals surface area contributed by atoms with E-state index < -0.39 is 5.60 Å². The molecule has 0 aliphatic carbocycles. The number of benzene rings is 1. The van der Waals surface area contributed by atoms with Gasteiger partial charge in [-0.3, -0.25) is 0 Å². The number of para-hydroxylation sites is 1. The molecule has 0 aromatic heterocycles. The van der Waals surface area contributed by atoms with Crippen LogP contribution in [0, 0.1) is 0 Å². The SMILES string of the molecule is CC1(O)CCN(CC2CCOc3ccccc32)CC1. The second kappa shape index (κ2) is 5.14. The van der Waals surface area contributed by atoms with Crippen molar-refractivity contribution in [3.8, 4) is 5.75 Å². The summed E-state index contributed by atoms with van der Waals surface area (Å²) in [5.41, 5.74) is 0.899. The molecule has 2 aliphatic heterocycles. The maximum absolute atomic E-state index is 10.0. The Kier molecular flexibility index (Phi) is 3.50. The van der Waals surface area contributed by atoms with Gasteiger partial charge in [-0.15, -0.1) is 0 Å². The predicted molar refractivity (Wildman–Crippen MR) is 75.6 cm³/mol. The zero-order valence-electron chi connectivity index (χ0n) is 11.6. The summed E-state index contributed by atoms with van der Waals surface area (Å²) in [5.74, 6) is 1.63. The Morgan fingerprint density at radius 1 is 1.32 bits per heavy atom. The van der Waals surface area contributed by atoms with Gasteiger partial charge < -0.3 is 14.7 Å². The van der Waals surface area contributed by atoms with Crippen molar-refractivity contribution >= 4 is 0 Å². The second-order valence-electron chi connectivity index (χ2n) is 6.17. The molecular formula is C16H23NO2. The quantitative estimate of drug-likeness (QED) is 0.887. The second-order valence-corrected chi connectivity index (χ2v) is 6.17. The zero-order valence-corrected chi connectivity index (χ0v) is 11.6. The molecule has 0 radical (unpaired) electrons.